The second kappa shape index (κ2) is 5.31. The van der Waals surface area contributed by atoms with Crippen LogP contribution >= 0.6 is 0 Å². The summed E-state index contributed by atoms with van der Waals surface area (Å²) in [5.41, 5.74) is 4.78. The molecule has 0 heteroatoms. The molecule has 0 aromatic heterocycles. The molecule has 0 nitrogen and oxygen atoms in total. The fraction of sp³-hybridized carbons (Fsp3) is 0.0588. The quantitative estimate of drug-likeness (QED) is 0.666. The van der Waals surface area contributed by atoms with Crippen molar-refractivity contribution in [3.05, 3.63) is 90.5 Å². The van der Waals surface area contributed by atoms with Crippen molar-refractivity contribution < 1.29 is 0 Å². The standard InChI is InChI=1S/C17H16/c1-3-14(2)17-12-8-7-11-16(17)13-15-9-5-4-6-10-15/h3-12H,1-2,13H2. The van der Waals surface area contributed by atoms with Crippen LogP contribution in [0.3, 0.4) is 0 Å². The zero-order chi connectivity index (χ0) is 12.1. The largest absolute Gasteiger partial charge is 0.0985 e. The third-order valence-electron chi connectivity index (χ3n) is 2.85. The molecule has 0 radical (unpaired) electrons. The lowest BCUT2D eigenvalue weighted by Gasteiger charge is -2.09. The van der Waals surface area contributed by atoms with Crippen molar-refractivity contribution in [1.82, 2.24) is 0 Å². The molecular formula is C17H16. The topological polar surface area (TPSA) is 0 Å². The molecule has 0 aliphatic heterocycles. The molecule has 0 bridgehead atoms. The fourth-order valence-corrected chi connectivity index (χ4v) is 1.91. The zero-order valence-corrected chi connectivity index (χ0v) is 9.89. The minimum Gasteiger partial charge on any atom is -0.0985 e. The molecule has 0 saturated carbocycles. The monoisotopic (exact) mass is 220 g/mol. The van der Waals surface area contributed by atoms with Crippen molar-refractivity contribution >= 4 is 5.57 Å². The lowest BCUT2D eigenvalue weighted by atomic mass is 9.96. The molecule has 0 aliphatic carbocycles. The van der Waals surface area contributed by atoms with Crippen molar-refractivity contribution in [3.8, 4) is 0 Å². The average molecular weight is 220 g/mol. The highest BCUT2D eigenvalue weighted by molar-refractivity contribution is 5.73. The summed E-state index contributed by atoms with van der Waals surface area (Å²) in [5.74, 6) is 0. The van der Waals surface area contributed by atoms with E-state index in [9.17, 15) is 0 Å². The van der Waals surface area contributed by atoms with Gasteiger partial charge in [-0.2, -0.15) is 0 Å². The molecule has 0 aliphatic rings. The number of rotatable bonds is 4. The first-order valence-electron chi connectivity index (χ1n) is 5.75. The molecule has 0 unspecified atom stereocenters. The zero-order valence-electron chi connectivity index (χ0n) is 9.89. The fourth-order valence-electron chi connectivity index (χ4n) is 1.91. The molecule has 2 aromatic carbocycles. The molecule has 2 rings (SSSR count). The summed E-state index contributed by atoms with van der Waals surface area (Å²) in [6.45, 7) is 7.81. The van der Waals surface area contributed by atoms with Crippen LogP contribution in [0, 0.1) is 0 Å². The van der Waals surface area contributed by atoms with E-state index < -0.39 is 0 Å². The second-order valence-electron chi connectivity index (χ2n) is 4.05. The normalized spacial score (nSPS) is 9.88. The van der Waals surface area contributed by atoms with Crippen LogP contribution in [0.5, 0.6) is 0 Å². The Morgan fingerprint density at radius 3 is 2.29 bits per heavy atom. The molecule has 84 valence electrons. The number of benzene rings is 2. The lowest BCUT2D eigenvalue weighted by Crippen LogP contribution is -1.93. The van der Waals surface area contributed by atoms with Crippen molar-refractivity contribution in [2.45, 2.75) is 6.42 Å². The van der Waals surface area contributed by atoms with E-state index in [1.54, 1.807) is 0 Å². The van der Waals surface area contributed by atoms with Crippen molar-refractivity contribution in [2.75, 3.05) is 0 Å². The Morgan fingerprint density at radius 1 is 0.941 bits per heavy atom. The molecule has 0 atom stereocenters. The van der Waals surface area contributed by atoms with Gasteiger partial charge in [0.1, 0.15) is 0 Å². The maximum atomic E-state index is 4.03. The van der Waals surface area contributed by atoms with Crippen LogP contribution in [0.25, 0.3) is 5.57 Å². The third kappa shape index (κ3) is 2.73. The van der Waals surface area contributed by atoms with E-state index in [2.05, 4.69) is 55.6 Å². The molecule has 0 saturated heterocycles. The Morgan fingerprint density at radius 2 is 1.59 bits per heavy atom. The van der Waals surface area contributed by atoms with Crippen LogP contribution in [-0.4, -0.2) is 0 Å². The van der Waals surface area contributed by atoms with E-state index in [0.717, 1.165) is 12.0 Å². The minimum atomic E-state index is 0.934. The first-order valence-corrected chi connectivity index (χ1v) is 5.75. The summed E-state index contributed by atoms with van der Waals surface area (Å²) >= 11 is 0. The minimum absolute atomic E-state index is 0.934. The van der Waals surface area contributed by atoms with E-state index >= 15 is 0 Å². The van der Waals surface area contributed by atoms with Crippen LogP contribution in [0.2, 0.25) is 0 Å². The van der Waals surface area contributed by atoms with E-state index in [-0.39, 0.29) is 0 Å². The summed E-state index contributed by atoms with van der Waals surface area (Å²) < 4.78 is 0. The van der Waals surface area contributed by atoms with Crippen LogP contribution < -0.4 is 0 Å². The SMILES string of the molecule is C=CC(=C)c1ccccc1Cc1ccccc1. The Balaban J connectivity index is 2.33. The Labute approximate surface area is 103 Å². The summed E-state index contributed by atoms with van der Waals surface area (Å²) in [5, 5.41) is 0. The van der Waals surface area contributed by atoms with Gasteiger partial charge < -0.3 is 0 Å². The highest BCUT2D eigenvalue weighted by atomic mass is 14.1. The number of allylic oxidation sites excluding steroid dienone is 2. The van der Waals surface area contributed by atoms with Crippen molar-refractivity contribution in [1.29, 1.82) is 0 Å². The van der Waals surface area contributed by atoms with Gasteiger partial charge in [0.05, 0.1) is 0 Å². The molecule has 0 heterocycles. The Kier molecular flexibility index (Phi) is 3.56. The molecule has 0 fully saturated rings. The molecule has 0 amide bonds. The van der Waals surface area contributed by atoms with Gasteiger partial charge in [-0.05, 0) is 28.7 Å². The maximum absolute atomic E-state index is 4.03. The van der Waals surface area contributed by atoms with Gasteiger partial charge in [0.25, 0.3) is 0 Å². The molecule has 2 aromatic rings. The van der Waals surface area contributed by atoms with Gasteiger partial charge in [0.2, 0.25) is 0 Å². The number of hydrogen-bond donors (Lipinski definition) is 0. The van der Waals surface area contributed by atoms with Gasteiger partial charge in [-0.15, -0.1) is 0 Å². The van der Waals surface area contributed by atoms with E-state index in [1.165, 1.54) is 16.7 Å². The lowest BCUT2D eigenvalue weighted by molar-refractivity contribution is 1.18. The van der Waals surface area contributed by atoms with Gasteiger partial charge in [0, 0.05) is 0 Å². The van der Waals surface area contributed by atoms with E-state index in [4.69, 9.17) is 0 Å². The summed E-state index contributed by atoms with van der Waals surface area (Å²) in [6, 6.07) is 18.8. The molecule has 0 N–H and O–H groups in total. The van der Waals surface area contributed by atoms with Crippen LogP contribution in [0.1, 0.15) is 16.7 Å². The summed E-state index contributed by atoms with van der Waals surface area (Å²) in [4.78, 5) is 0. The third-order valence-corrected chi connectivity index (χ3v) is 2.85. The summed E-state index contributed by atoms with van der Waals surface area (Å²) in [7, 11) is 0. The highest BCUT2D eigenvalue weighted by Crippen LogP contribution is 2.21. The summed E-state index contributed by atoms with van der Waals surface area (Å²) in [6.07, 6.45) is 2.74. The van der Waals surface area contributed by atoms with Gasteiger partial charge in [-0.1, -0.05) is 73.8 Å². The average Bonchev–Trinajstić information content (AvgIpc) is 2.40. The maximum Gasteiger partial charge on any atom is -0.00196 e. The molecule has 17 heavy (non-hydrogen) atoms. The van der Waals surface area contributed by atoms with Gasteiger partial charge in [0.15, 0.2) is 0 Å². The van der Waals surface area contributed by atoms with Crippen LogP contribution in [-0.2, 0) is 6.42 Å². The van der Waals surface area contributed by atoms with Gasteiger partial charge in [-0.25, -0.2) is 0 Å². The van der Waals surface area contributed by atoms with Crippen molar-refractivity contribution in [3.63, 3.8) is 0 Å². The predicted molar refractivity (Wildman–Crippen MR) is 74.9 cm³/mol. The Bertz CT molecular complexity index is 521. The first-order chi connectivity index (χ1) is 8.31. The van der Waals surface area contributed by atoms with E-state index in [1.807, 2.05) is 18.2 Å². The smallest absolute Gasteiger partial charge is 0.00196 e. The second-order valence-corrected chi connectivity index (χ2v) is 4.05. The highest BCUT2D eigenvalue weighted by Gasteiger charge is 2.03. The van der Waals surface area contributed by atoms with E-state index in [0.29, 0.717) is 0 Å². The van der Waals surface area contributed by atoms with Gasteiger partial charge >= 0.3 is 0 Å². The van der Waals surface area contributed by atoms with Crippen LogP contribution in [0.4, 0.5) is 0 Å². The predicted octanol–water partition coefficient (Wildman–Crippen LogP) is 4.48. The number of hydrogen-bond acceptors (Lipinski definition) is 0. The molecular weight excluding hydrogens is 204 g/mol. The first kappa shape index (κ1) is 11.4. The van der Waals surface area contributed by atoms with Gasteiger partial charge in [-0.3, -0.25) is 0 Å². The molecule has 0 spiro atoms. The van der Waals surface area contributed by atoms with Crippen LogP contribution in [0.15, 0.2) is 73.8 Å². The Hall–Kier alpha value is -2.08. The van der Waals surface area contributed by atoms with Crippen molar-refractivity contribution in [2.24, 2.45) is 0 Å².